The summed E-state index contributed by atoms with van der Waals surface area (Å²) in [6, 6.07) is 5.18. The van der Waals surface area contributed by atoms with Gasteiger partial charge in [-0.15, -0.1) is 0 Å². The second-order valence-corrected chi connectivity index (χ2v) is 7.63. The molecule has 0 N–H and O–H groups in total. The van der Waals surface area contributed by atoms with Gasteiger partial charge in [-0.25, -0.2) is 13.2 Å². The van der Waals surface area contributed by atoms with Crippen LogP contribution in [0.1, 0.15) is 24.5 Å². The lowest BCUT2D eigenvalue weighted by molar-refractivity contribution is 0.109. The van der Waals surface area contributed by atoms with Crippen LogP contribution in [0.25, 0.3) is 0 Å². The van der Waals surface area contributed by atoms with Crippen molar-refractivity contribution in [1.82, 2.24) is 9.21 Å². The van der Waals surface area contributed by atoms with E-state index in [-0.39, 0.29) is 12.6 Å². The van der Waals surface area contributed by atoms with E-state index >= 15 is 0 Å². The molecule has 1 aromatic carbocycles. The van der Waals surface area contributed by atoms with Gasteiger partial charge in [0.05, 0.1) is 11.5 Å². The Kier molecular flexibility index (Phi) is 5.64. The smallest absolute Gasteiger partial charge is 0.409 e. The largest absolute Gasteiger partial charge is 0.450 e. The molecule has 128 valence electrons. The van der Waals surface area contributed by atoms with E-state index in [0.29, 0.717) is 37.6 Å². The van der Waals surface area contributed by atoms with E-state index in [2.05, 4.69) is 0 Å². The summed E-state index contributed by atoms with van der Waals surface area (Å²) in [5.41, 5.74) is 2.02. The Morgan fingerprint density at radius 3 is 2.52 bits per heavy atom. The van der Waals surface area contributed by atoms with E-state index in [1.54, 1.807) is 24.0 Å². The van der Waals surface area contributed by atoms with Crippen LogP contribution in [-0.2, 0) is 14.8 Å². The zero-order valence-electron chi connectivity index (χ0n) is 13.9. The number of benzene rings is 1. The summed E-state index contributed by atoms with van der Waals surface area (Å²) in [4.78, 5) is 13.7. The van der Waals surface area contributed by atoms with Crippen LogP contribution < -0.4 is 0 Å². The Hall–Kier alpha value is -1.60. The quantitative estimate of drug-likeness (QED) is 0.846. The highest BCUT2D eigenvalue weighted by molar-refractivity contribution is 7.89. The molecule has 2 rings (SSSR count). The molecule has 0 aliphatic carbocycles. The van der Waals surface area contributed by atoms with Gasteiger partial charge < -0.3 is 9.64 Å². The number of aryl methyl sites for hydroxylation is 2. The maximum atomic E-state index is 12.8. The fourth-order valence-electron chi connectivity index (χ4n) is 2.55. The minimum atomic E-state index is -3.53. The van der Waals surface area contributed by atoms with Gasteiger partial charge in [0.15, 0.2) is 0 Å². The molecule has 7 heteroatoms. The van der Waals surface area contributed by atoms with Crippen molar-refractivity contribution >= 4 is 16.1 Å². The first-order chi connectivity index (χ1) is 10.9. The molecule has 0 aromatic heterocycles. The van der Waals surface area contributed by atoms with Crippen molar-refractivity contribution in [3.63, 3.8) is 0 Å². The lowest BCUT2D eigenvalue weighted by Crippen LogP contribution is -2.37. The minimum Gasteiger partial charge on any atom is -0.450 e. The Morgan fingerprint density at radius 1 is 1.13 bits per heavy atom. The predicted octanol–water partition coefficient (Wildman–Crippen LogP) is 2.16. The first kappa shape index (κ1) is 17.7. The van der Waals surface area contributed by atoms with Gasteiger partial charge in [-0.2, -0.15) is 4.31 Å². The van der Waals surface area contributed by atoms with E-state index in [4.69, 9.17) is 4.74 Å². The van der Waals surface area contributed by atoms with Crippen LogP contribution in [0.2, 0.25) is 0 Å². The van der Waals surface area contributed by atoms with Crippen LogP contribution in [0.15, 0.2) is 23.1 Å². The van der Waals surface area contributed by atoms with Gasteiger partial charge in [-0.05, 0) is 50.5 Å². The van der Waals surface area contributed by atoms with Crippen molar-refractivity contribution in [1.29, 1.82) is 0 Å². The molecule has 0 atom stereocenters. The molecular weight excluding hydrogens is 316 g/mol. The molecule has 1 aromatic rings. The molecule has 1 fully saturated rings. The molecule has 23 heavy (non-hydrogen) atoms. The van der Waals surface area contributed by atoms with E-state index in [0.717, 1.165) is 11.1 Å². The number of hydrogen-bond acceptors (Lipinski definition) is 4. The van der Waals surface area contributed by atoms with Gasteiger partial charge >= 0.3 is 6.09 Å². The van der Waals surface area contributed by atoms with Crippen LogP contribution in [0, 0.1) is 13.8 Å². The number of ether oxygens (including phenoxy) is 1. The average Bonchev–Trinajstić information content (AvgIpc) is 2.76. The number of amides is 1. The molecule has 1 aliphatic rings. The number of nitrogens with zero attached hydrogens (tertiary/aromatic N) is 2. The molecule has 0 saturated carbocycles. The molecule has 0 bridgehead atoms. The van der Waals surface area contributed by atoms with Gasteiger partial charge in [0, 0.05) is 26.2 Å². The average molecular weight is 340 g/mol. The molecular formula is C16H24N2O4S. The summed E-state index contributed by atoms with van der Waals surface area (Å²) in [7, 11) is -3.53. The third kappa shape index (κ3) is 4.03. The van der Waals surface area contributed by atoms with Crippen molar-refractivity contribution in [2.24, 2.45) is 0 Å². The summed E-state index contributed by atoms with van der Waals surface area (Å²) in [5.74, 6) is 0. The van der Waals surface area contributed by atoms with Crippen LogP contribution >= 0.6 is 0 Å². The monoisotopic (exact) mass is 340 g/mol. The fraction of sp³-hybridized carbons (Fsp3) is 0.562. The van der Waals surface area contributed by atoms with Crippen LogP contribution in [-0.4, -0.2) is 56.5 Å². The van der Waals surface area contributed by atoms with E-state index < -0.39 is 10.0 Å². The molecule has 0 radical (unpaired) electrons. The van der Waals surface area contributed by atoms with Gasteiger partial charge in [0.1, 0.15) is 0 Å². The van der Waals surface area contributed by atoms with Crippen molar-refractivity contribution in [2.45, 2.75) is 32.1 Å². The molecule has 1 heterocycles. The molecule has 0 spiro atoms. The Balaban J connectivity index is 2.14. The van der Waals surface area contributed by atoms with Crippen molar-refractivity contribution in [3.8, 4) is 0 Å². The summed E-state index contributed by atoms with van der Waals surface area (Å²) < 4.78 is 32.0. The SMILES string of the molecule is CCOC(=O)N1CCCN(S(=O)(=O)c2ccc(C)c(C)c2)CC1. The first-order valence-corrected chi connectivity index (χ1v) is 9.29. The summed E-state index contributed by atoms with van der Waals surface area (Å²) >= 11 is 0. The highest BCUT2D eigenvalue weighted by atomic mass is 32.2. The highest BCUT2D eigenvalue weighted by Gasteiger charge is 2.28. The molecule has 6 nitrogen and oxygen atoms in total. The van der Waals surface area contributed by atoms with Gasteiger partial charge in [-0.3, -0.25) is 0 Å². The third-order valence-electron chi connectivity index (χ3n) is 4.10. The second kappa shape index (κ2) is 7.31. The summed E-state index contributed by atoms with van der Waals surface area (Å²) in [6.45, 7) is 7.49. The van der Waals surface area contributed by atoms with Crippen LogP contribution in [0.5, 0.6) is 0 Å². The van der Waals surface area contributed by atoms with E-state index in [9.17, 15) is 13.2 Å². The normalized spacial score (nSPS) is 16.9. The fourth-order valence-corrected chi connectivity index (χ4v) is 4.11. The zero-order valence-corrected chi connectivity index (χ0v) is 14.7. The Labute approximate surface area is 138 Å². The molecule has 1 amide bonds. The zero-order chi connectivity index (χ0) is 17.0. The van der Waals surface area contributed by atoms with Crippen LogP contribution in [0.4, 0.5) is 4.79 Å². The van der Waals surface area contributed by atoms with Gasteiger partial charge in [0.2, 0.25) is 10.0 Å². The highest BCUT2D eigenvalue weighted by Crippen LogP contribution is 2.20. The standard InChI is InChI=1S/C16H24N2O4S/c1-4-22-16(19)17-8-5-9-18(11-10-17)23(20,21)15-7-6-13(2)14(3)12-15/h6-7,12H,4-5,8-11H2,1-3H3. The van der Waals surface area contributed by atoms with E-state index in [1.807, 2.05) is 19.9 Å². The second-order valence-electron chi connectivity index (χ2n) is 5.69. The lowest BCUT2D eigenvalue weighted by Gasteiger charge is -2.21. The Bertz CT molecular complexity index is 673. The number of rotatable bonds is 3. The van der Waals surface area contributed by atoms with Gasteiger partial charge in [-0.1, -0.05) is 6.07 Å². The minimum absolute atomic E-state index is 0.286. The lowest BCUT2D eigenvalue weighted by atomic mass is 10.1. The maximum Gasteiger partial charge on any atom is 0.409 e. The number of carbonyl (C=O) groups is 1. The third-order valence-corrected chi connectivity index (χ3v) is 5.99. The van der Waals surface area contributed by atoms with Crippen molar-refractivity contribution < 1.29 is 17.9 Å². The van der Waals surface area contributed by atoms with Gasteiger partial charge in [0.25, 0.3) is 0 Å². The summed E-state index contributed by atoms with van der Waals surface area (Å²) in [6.07, 6.45) is 0.223. The molecule has 0 unspecified atom stereocenters. The maximum absolute atomic E-state index is 12.8. The number of sulfonamides is 1. The number of hydrogen-bond donors (Lipinski definition) is 0. The van der Waals surface area contributed by atoms with Crippen LogP contribution in [0.3, 0.4) is 0 Å². The predicted molar refractivity (Wildman–Crippen MR) is 87.9 cm³/mol. The first-order valence-electron chi connectivity index (χ1n) is 7.85. The van der Waals surface area contributed by atoms with E-state index in [1.165, 1.54) is 4.31 Å². The molecule has 1 aliphatic heterocycles. The summed E-state index contributed by atoms with van der Waals surface area (Å²) in [5, 5.41) is 0. The Morgan fingerprint density at radius 2 is 1.87 bits per heavy atom. The number of carbonyl (C=O) groups excluding carboxylic acids is 1. The van der Waals surface area contributed by atoms with Crippen molar-refractivity contribution in [2.75, 3.05) is 32.8 Å². The topological polar surface area (TPSA) is 66.9 Å². The van der Waals surface area contributed by atoms with Crippen molar-refractivity contribution in [3.05, 3.63) is 29.3 Å². The molecule has 1 saturated heterocycles.